The first-order valence-electron chi connectivity index (χ1n) is 15.6. The number of imidazole rings is 1. The highest BCUT2D eigenvalue weighted by atomic mass is 35.5. The van der Waals surface area contributed by atoms with E-state index in [1.54, 1.807) is 6.26 Å². The molecule has 0 spiro atoms. The monoisotopic (exact) mass is 643 g/mol. The number of halogens is 2. The van der Waals surface area contributed by atoms with Gasteiger partial charge < -0.3 is 23.7 Å². The molecule has 1 fully saturated rings. The topological polar surface area (TPSA) is 57.8 Å². The van der Waals surface area contributed by atoms with Crippen LogP contribution in [0.2, 0.25) is 10.0 Å². The quantitative estimate of drug-likeness (QED) is 0.156. The number of hydrogen-bond acceptors (Lipinski definition) is 5. The van der Waals surface area contributed by atoms with E-state index < -0.39 is 0 Å². The first-order valence-corrected chi connectivity index (χ1v) is 16.3. The highest BCUT2D eigenvalue weighted by molar-refractivity contribution is 6.42. The third-order valence-electron chi connectivity index (χ3n) is 8.75. The average molecular weight is 645 g/mol. The molecule has 3 aromatic carbocycles. The van der Waals surface area contributed by atoms with Crippen LogP contribution in [0.5, 0.6) is 0 Å². The Hall–Kier alpha value is -3.78. The molecule has 5 aromatic rings. The fourth-order valence-corrected chi connectivity index (χ4v) is 6.52. The second kappa shape index (κ2) is 14.1. The van der Waals surface area contributed by atoms with E-state index in [9.17, 15) is 4.79 Å². The van der Waals surface area contributed by atoms with Crippen LogP contribution in [0.4, 0.5) is 5.95 Å². The van der Waals surface area contributed by atoms with Crippen molar-refractivity contribution >= 4 is 46.1 Å². The average Bonchev–Trinajstić information content (AvgIpc) is 3.63. The number of likely N-dealkylation sites (N-methyl/N-ethyl adjacent to an activating group) is 1. The van der Waals surface area contributed by atoms with Crippen molar-refractivity contribution in [2.24, 2.45) is 0 Å². The molecular weight excluding hydrogens is 605 g/mol. The van der Waals surface area contributed by atoms with E-state index in [4.69, 9.17) is 32.6 Å². The summed E-state index contributed by atoms with van der Waals surface area (Å²) < 4.78 is 7.97. The lowest BCUT2D eigenvalue weighted by Gasteiger charge is -2.28. The van der Waals surface area contributed by atoms with Gasteiger partial charge in [0.2, 0.25) is 5.95 Å². The van der Waals surface area contributed by atoms with E-state index in [2.05, 4.69) is 32.6 Å². The minimum Gasteiger partial charge on any atom is -0.467 e. The van der Waals surface area contributed by atoms with Crippen molar-refractivity contribution < 1.29 is 9.21 Å². The summed E-state index contributed by atoms with van der Waals surface area (Å²) in [6.45, 7) is 7.90. The lowest BCUT2D eigenvalue weighted by molar-refractivity contribution is 0.0782. The van der Waals surface area contributed by atoms with Crippen LogP contribution in [0.1, 0.15) is 46.0 Å². The number of carbonyl (C=O) groups is 1. The Morgan fingerprint density at radius 1 is 0.956 bits per heavy atom. The first kappa shape index (κ1) is 31.2. The van der Waals surface area contributed by atoms with E-state index in [-0.39, 0.29) is 11.8 Å². The number of aromatic nitrogens is 2. The lowest BCUT2D eigenvalue weighted by Crippen LogP contribution is -2.35. The molecule has 7 nitrogen and oxygen atoms in total. The highest BCUT2D eigenvalue weighted by Gasteiger charge is 2.24. The van der Waals surface area contributed by atoms with Crippen LogP contribution in [0.3, 0.4) is 0 Å². The summed E-state index contributed by atoms with van der Waals surface area (Å²) in [6.07, 6.45) is 3.65. The van der Waals surface area contributed by atoms with Crippen LogP contribution in [0, 0.1) is 6.92 Å². The van der Waals surface area contributed by atoms with Crippen LogP contribution in [0.15, 0.2) is 89.5 Å². The molecule has 1 atom stereocenters. The van der Waals surface area contributed by atoms with Gasteiger partial charge in [-0.1, -0.05) is 59.1 Å². The Morgan fingerprint density at radius 2 is 1.78 bits per heavy atom. The fraction of sp³-hybridized carbons (Fsp3) is 0.333. The van der Waals surface area contributed by atoms with Crippen molar-refractivity contribution in [1.29, 1.82) is 0 Å². The summed E-state index contributed by atoms with van der Waals surface area (Å²) >= 11 is 12.7. The summed E-state index contributed by atoms with van der Waals surface area (Å²) in [7, 11) is 1.88. The highest BCUT2D eigenvalue weighted by Crippen LogP contribution is 2.30. The third-order valence-corrected chi connectivity index (χ3v) is 9.49. The van der Waals surface area contributed by atoms with Gasteiger partial charge in [0, 0.05) is 44.7 Å². The predicted molar refractivity (Wildman–Crippen MR) is 183 cm³/mol. The second-order valence-corrected chi connectivity index (χ2v) is 12.8. The molecule has 45 heavy (non-hydrogen) atoms. The van der Waals surface area contributed by atoms with Gasteiger partial charge in [0.15, 0.2) is 0 Å². The minimum atomic E-state index is 0.0166. The van der Waals surface area contributed by atoms with E-state index in [0.29, 0.717) is 28.7 Å². The number of nitrogens with zero attached hydrogens (tertiary/aromatic N) is 5. The van der Waals surface area contributed by atoms with Crippen LogP contribution in [-0.2, 0) is 6.54 Å². The number of anilines is 1. The molecule has 1 saturated heterocycles. The molecular formula is C36H39Cl2N5O2. The molecule has 0 saturated carbocycles. The molecule has 0 radical (unpaired) electrons. The second-order valence-electron chi connectivity index (χ2n) is 12.0. The Kier molecular flexibility index (Phi) is 9.79. The van der Waals surface area contributed by atoms with E-state index >= 15 is 0 Å². The van der Waals surface area contributed by atoms with Gasteiger partial charge in [0.1, 0.15) is 5.76 Å². The molecule has 2 aromatic heterocycles. The van der Waals surface area contributed by atoms with Crippen molar-refractivity contribution in [3.8, 4) is 0 Å². The van der Waals surface area contributed by atoms with Crippen LogP contribution in [-0.4, -0.2) is 71.6 Å². The predicted octanol–water partition coefficient (Wildman–Crippen LogP) is 7.75. The number of hydrogen-bond donors (Lipinski definition) is 0. The van der Waals surface area contributed by atoms with Gasteiger partial charge in [-0.15, -0.1) is 0 Å². The Bertz CT molecular complexity index is 1730. The maximum absolute atomic E-state index is 13.3. The molecule has 1 aliphatic rings. The van der Waals surface area contributed by atoms with Gasteiger partial charge in [-0.25, -0.2) is 4.98 Å². The molecule has 3 heterocycles. The van der Waals surface area contributed by atoms with E-state index in [0.717, 1.165) is 79.4 Å². The van der Waals surface area contributed by atoms with Crippen LogP contribution >= 0.6 is 23.2 Å². The Morgan fingerprint density at radius 3 is 2.56 bits per heavy atom. The first-order chi connectivity index (χ1) is 21.9. The summed E-state index contributed by atoms with van der Waals surface area (Å²) in [4.78, 5) is 25.1. The normalized spacial score (nSPS) is 14.9. The van der Waals surface area contributed by atoms with Crippen molar-refractivity contribution in [2.45, 2.75) is 32.2 Å². The SMILES string of the molecule is Cc1ccc(C(=O)N(C)CC(CCN2CCCN(c3nc4ccccc4n3Cc3ccco3)CC2)c2ccc(Cl)c(Cl)c2)cc1. The zero-order valence-corrected chi connectivity index (χ0v) is 27.3. The summed E-state index contributed by atoms with van der Waals surface area (Å²) in [5.41, 5.74) is 5.03. The third kappa shape index (κ3) is 7.38. The zero-order chi connectivity index (χ0) is 31.3. The summed E-state index contributed by atoms with van der Waals surface area (Å²) in [5, 5.41) is 1.07. The summed E-state index contributed by atoms with van der Waals surface area (Å²) in [6, 6.07) is 25.8. The maximum Gasteiger partial charge on any atom is 0.253 e. The number of aryl methyl sites for hydroxylation is 1. The van der Waals surface area contributed by atoms with Gasteiger partial charge in [-0.2, -0.15) is 0 Å². The van der Waals surface area contributed by atoms with E-state index in [1.165, 1.54) is 0 Å². The fourth-order valence-electron chi connectivity index (χ4n) is 6.21. The van der Waals surface area contributed by atoms with Crippen LogP contribution in [0.25, 0.3) is 11.0 Å². The molecule has 1 amide bonds. The number of amides is 1. The number of benzene rings is 3. The zero-order valence-electron chi connectivity index (χ0n) is 25.8. The number of rotatable bonds is 10. The van der Waals surface area contributed by atoms with Gasteiger partial charge in [0.05, 0.1) is 33.9 Å². The largest absolute Gasteiger partial charge is 0.467 e. The number of para-hydroxylation sites is 2. The molecule has 0 aliphatic carbocycles. The Labute approximate surface area is 275 Å². The standard InChI is InChI=1S/C36H39Cl2N5O2/c1-26-10-12-27(13-11-26)35(44)40(2)24-29(28-14-15-31(37)32(38)23-28)16-19-41-17-6-18-42(21-20-41)36-39-33-8-3-4-9-34(33)43(36)25-30-7-5-22-45-30/h3-5,7-15,22-23,29H,6,16-21,24-25H2,1-2H3. The van der Waals surface area contributed by atoms with Crippen molar-refractivity contribution in [2.75, 3.05) is 51.2 Å². The van der Waals surface area contributed by atoms with Gasteiger partial charge >= 0.3 is 0 Å². The molecule has 0 bridgehead atoms. The molecule has 6 rings (SSSR count). The molecule has 0 N–H and O–H groups in total. The van der Waals surface area contributed by atoms with Crippen molar-refractivity contribution in [3.05, 3.63) is 118 Å². The molecule has 234 valence electrons. The summed E-state index contributed by atoms with van der Waals surface area (Å²) in [5.74, 6) is 2.02. The molecule has 1 unspecified atom stereocenters. The van der Waals surface area contributed by atoms with E-state index in [1.807, 2.05) is 79.5 Å². The van der Waals surface area contributed by atoms with Crippen LogP contribution < -0.4 is 4.90 Å². The number of furan rings is 1. The number of fused-ring (bicyclic) bond motifs is 1. The number of carbonyl (C=O) groups excluding carboxylic acids is 1. The molecule has 1 aliphatic heterocycles. The van der Waals surface area contributed by atoms with Crippen molar-refractivity contribution in [3.63, 3.8) is 0 Å². The molecule has 9 heteroatoms. The lowest BCUT2D eigenvalue weighted by atomic mass is 9.94. The maximum atomic E-state index is 13.3. The Balaban J connectivity index is 1.15. The minimum absolute atomic E-state index is 0.0166. The van der Waals surface area contributed by atoms with Gasteiger partial charge in [-0.3, -0.25) is 4.79 Å². The van der Waals surface area contributed by atoms with Gasteiger partial charge in [-0.05, 0) is 86.9 Å². The smallest absolute Gasteiger partial charge is 0.253 e. The van der Waals surface area contributed by atoms with Crippen molar-refractivity contribution in [1.82, 2.24) is 19.4 Å². The van der Waals surface area contributed by atoms with Gasteiger partial charge in [0.25, 0.3) is 5.91 Å².